The first-order valence-electron chi connectivity index (χ1n) is 6.48. The number of carbonyl (C=O) groups is 1. The average molecular weight is 297 g/mol. The van der Waals surface area contributed by atoms with Crippen LogP contribution < -0.4 is 16.4 Å². The second-order valence-electron chi connectivity index (χ2n) is 5.10. The third kappa shape index (κ3) is 3.94. The quantitative estimate of drug-likeness (QED) is 0.772. The van der Waals surface area contributed by atoms with E-state index < -0.39 is 15.9 Å². The van der Waals surface area contributed by atoms with Crippen LogP contribution in [0.5, 0.6) is 0 Å². The van der Waals surface area contributed by atoms with Crippen LogP contribution in [-0.4, -0.2) is 32.0 Å². The van der Waals surface area contributed by atoms with Crippen LogP contribution in [0, 0.1) is 0 Å². The van der Waals surface area contributed by atoms with Crippen molar-refractivity contribution in [1.29, 1.82) is 0 Å². The molecule has 0 saturated carbocycles. The normalized spacial score (nSPS) is 22.4. The van der Waals surface area contributed by atoms with Gasteiger partial charge in [-0.25, -0.2) is 13.2 Å². The summed E-state index contributed by atoms with van der Waals surface area (Å²) in [6.45, 7) is 1.99. The summed E-state index contributed by atoms with van der Waals surface area (Å²) in [5.41, 5.74) is 6.71. The fraction of sp³-hybridized carbons (Fsp3) is 0.462. The molecule has 7 heteroatoms. The lowest BCUT2D eigenvalue weighted by Crippen LogP contribution is -2.32. The highest BCUT2D eigenvalue weighted by Crippen LogP contribution is 2.19. The molecule has 2 atom stereocenters. The van der Waals surface area contributed by atoms with E-state index in [4.69, 9.17) is 5.73 Å². The van der Waals surface area contributed by atoms with Gasteiger partial charge in [-0.15, -0.1) is 0 Å². The summed E-state index contributed by atoms with van der Waals surface area (Å²) < 4.78 is 22.8. The molecule has 1 heterocycles. The highest BCUT2D eigenvalue weighted by Gasteiger charge is 2.28. The van der Waals surface area contributed by atoms with E-state index in [2.05, 4.69) is 10.6 Å². The van der Waals surface area contributed by atoms with Gasteiger partial charge in [0.1, 0.15) is 0 Å². The third-order valence-corrected chi connectivity index (χ3v) is 5.16. The van der Waals surface area contributed by atoms with Crippen LogP contribution in [-0.2, 0) is 9.84 Å². The van der Waals surface area contributed by atoms with Crippen molar-refractivity contribution < 1.29 is 13.2 Å². The fourth-order valence-corrected chi connectivity index (χ4v) is 4.06. The van der Waals surface area contributed by atoms with Gasteiger partial charge in [0.15, 0.2) is 9.84 Å². The molecule has 1 fully saturated rings. The van der Waals surface area contributed by atoms with Gasteiger partial charge in [0.25, 0.3) is 0 Å². The molecule has 0 bridgehead atoms. The van der Waals surface area contributed by atoms with Crippen LogP contribution in [0.25, 0.3) is 0 Å². The Bertz CT molecular complexity index is 583. The average Bonchev–Trinajstić information content (AvgIpc) is 2.68. The SMILES string of the molecule is CC(NC1CCS(=O)(=O)C1)c1ccc(NC(N)=O)cc1. The van der Waals surface area contributed by atoms with Crippen molar-refractivity contribution in [3.05, 3.63) is 29.8 Å². The second kappa shape index (κ2) is 5.80. The van der Waals surface area contributed by atoms with E-state index in [-0.39, 0.29) is 23.6 Å². The lowest BCUT2D eigenvalue weighted by atomic mass is 10.1. The van der Waals surface area contributed by atoms with Gasteiger partial charge < -0.3 is 16.4 Å². The van der Waals surface area contributed by atoms with Crippen LogP contribution >= 0.6 is 0 Å². The molecular formula is C13H19N3O3S. The smallest absolute Gasteiger partial charge is 0.316 e. The lowest BCUT2D eigenvalue weighted by molar-refractivity contribution is 0.259. The number of benzene rings is 1. The summed E-state index contributed by atoms with van der Waals surface area (Å²) in [6.07, 6.45) is 0.661. The summed E-state index contributed by atoms with van der Waals surface area (Å²) in [7, 11) is -2.87. The minimum atomic E-state index is -2.87. The fourth-order valence-electron chi connectivity index (χ4n) is 2.37. The van der Waals surface area contributed by atoms with E-state index >= 15 is 0 Å². The van der Waals surface area contributed by atoms with Gasteiger partial charge in [-0.05, 0) is 31.0 Å². The number of amides is 2. The zero-order valence-electron chi connectivity index (χ0n) is 11.3. The van der Waals surface area contributed by atoms with Gasteiger partial charge >= 0.3 is 6.03 Å². The minimum absolute atomic E-state index is 0.0124. The van der Waals surface area contributed by atoms with Crippen molar-refractivity contribution in [3.8, 4) is 0 Å². The number of nitrogens with one attached hydrogen (secondary N) is 2. The topological polar surface area (TPSA) is 101 Å². The molecule has 4 N–H and O–H groups in total. The predicted molar refractivity (Wildman–Crippen MR) is 78.3 cm³/mol. The van der Waals surface area contributed by atoms with Crippen molar-refractivity contribution in [3.63, 3.8) is 0 Å². The molecule has 0 aromatic heterocycles. The molecule has 0 spiro atoms. The van der Waals surface area contributed by atoms with Gasteiger partial charge in [-0.2, -0.15) is 0 Å². The molecule has 2 rings (SSSR count). The van der Waals surface area contributed by atoms with E-state index in [1.54, 1.807) is 12.1 Å². The number of urea groups is 1. The van der Waals surface area contributed by atoms with Crippen LogP contribution in [0.3, 0.4) is 0 Å². The van der Waals surface area contributed by atoms with E-state index in [9.17, 15) is 13.2 Å². The summed E-state index contributed by atoms with van der Waals surface area (Å²) in [4.78, 5) is 10.7. The molecule has 1 saturated heterocycles. The van der Waals surface area contributed by atoms with Crippen LogP contribution in [0.4, 0.5) is 10.5 Å². The first-order chi connectivity index (χ1) is 9.35. The van der Waals surface area contributed by atoms with Gasteiger partial charge in [-0.3, -0.25) is 0 Å². The largest absolute Gasteiger partial charge is 0.351 e. The molecule has 1 aromatic rings. The monoisotopic (exact) mass is 297 g/mol. The van der Waals surface area contributed by atoms with Crippen molar-refractivity contribution in [2.24, 2.45) is 5.73 Å². The van der Waals surface area contributed by atoms with E-state index in [1.807, 2.05) is 19.1 Å². The number of anilines is 1. The second-order valence-corrected chi connectivity index (χ2v) is 7.33. The Balaban J connectivity index is 1.95. The number of hydrogen-bond donors (Lipinski definition) is 3. The van der Waals surface area contributed by atoms with Crippen molar-refractivity contribution in [1.82, 2.24) is 5.32 Å². The zero-order valence-corrected chi connectivity index (χ0v) is 12.1. The summed E-state index contributed by atoms with van der Waals surface area (Å²) in [5.74, 6) is 0.470. The van der Waals surface area contributed by atoms with Gasteiger partial charge in [0.2, 0.25) is 0 Å². The summed E-state index contributed by atoms with van der Waals surface area (Å²) >= 11 is 0. The summed E-state index contributed by atoms with van der Waals surface area (Å²) in [6, 6.07) is 6.76. The molecule has 2 amide bonds. The minimum Gasteiger partial charge on any atom is -0.351 e. The van der Waals surface area contributed by atoms with E-state index in [0.717, 1.165) is 5.56 Å². The number of carbonyl (C=O) groups excluding carboxylic acids is 1. The first-order valence-corrected chi connectivity index (χ1v) is 8.31. The van der Waals surface area contributed by atoms with Crippen LogP contribution in [0.2, 0.25) is 0 Å². The number of sulfone groups is 1. The molecule has 20 heavy (non-hydrogen) atoms. The number of nitrogens with two attached hydrogens (primary N) is 1. The number of hydrogen-bond acceptors (Lipinski definition) is 4. The standard InChI is InChI=1S/C13H19N3O3S/c1-9(15-12-6-7-20(18,19)8-12)10-2-4-11(5-3-10)16-13(14)17/h2-5,9,12,15H,6-8H2,1H3,(H3,14,16,17). The highest BCUT2D eigenvalue weighted by atomic mass is 32.2. The van der Waals surface area contributed by atoms with Gasteiger partial charge in [0, 0.05) is 17.8 Å². The lowest BCUT2D eigenvalue weighted by Gasteiger charge is -2.19. The number of rotatable bonds is 4. The molecule has 0 radical (unpaired) electrons. The van der Waals surface area contributed by atoms with Crippen molar-refractivity contribution >= 4 is 21.6 Å². The Morgan fingerprint density at radius 2 is 2.00 bits per heavy atom. The third-order valence-electron chi connectivity index (χ3n) is 3.40. The van der Waals surface area contributed by atoms with E-state index in [0.29, 0.717) is 12.1 Å². The molecule has 1 aliphatic rings. The predicted octanol–water partition coefficient (Wildman–Crippen LogP) is 1.01. The molecule has 2 unspecified atom stereocenters. The Morgan fingerprint density at radius 3 is 2.50 bits per heavy atom. The Hall–Kier alpha value is -1.60. The first kappa shape index (κ1) is 14.8. The molecule has 1 aliphatic heterocycles. The summed E-state index contributed by atoms with van der Waals surface area (Å²) in [5, 5.41) is 5.81. The Labute approximate surface area is 118 Å². The Morgan fingerprint density at radius 1 is 1.35 bits per heavy atom. The maximum atomic E-state index is 11.4. The van der Waals surface area contributed by atoms with Crippen LogP contribution in [0.1, 0.15) is 24.9 Å². The molecule has 110 valence electrons. The maximum absolute atomic E-state index is 11.4. The molecule has 6 nitrogen and oxygen atoms in total. The zero-order chi connectivity index (χ0) is 14.8. The molecule has 0 aliphatic carbocycles. The van der Waals surface area contributed by atoms with Gasteiger partial charge in [0.05, 0.1) is 11.5 Å². The van der Waals surface area contributed by atoms with Crippen molar-refractivity contribution in [2.75, 3.05) is 16.8 Å². The molecular weight excluding hydrogens is 278 g/mol. The number of primary amides is 1. The van der Waals surface area contributed by atoms with E-state index in [1.165, 1.54) is 0 Å². The van der Waals surface area contributed by atoms with Crippen LogP contribution in [0.15, 0.2) is 24.3 Å². The highest BCUT2D eigenvalue weighted by molar-refractivity contribution is 7.91. The Kier molecular flexibility index (Phi) is 4.29. The maximum Gasteiger partial charge on any atom is 0.316 e. The molecule has 1 aromatic carbocycles. The van der Waals surface area contributed by atoms with Gasteiger partial charge in [-0.1, -0.05) is 12.1 Å². The van der Waals surface area contributed by atoms with Crippen molar-refractivity contribution in [2.45, 2.75) is 25.4 Å².